The van der Waals surface area contributed by atoms with E-state index in [1.807, 2.05) is 0 Å². The maximum absolute atomic E-state index is 3.96. The first-order valence-corrected chi connectivity index (χ1v) is 15.0. The molecule has 0 amide bonds. The molecule has 8 rings (SSSR count). The zero-order valence-electron chi connectivity index (χ0n) is 21.5. The fourth-order valence-corrected chi connectivity index (χ4v) is 7.69. The molecule has 0 heterocycles. The third kappa shape index (κ3) is 3.56. The van der Waals surface area contributed by atoms with Crippen molar-refractivity contribution in [3.05, 3.63) is 142 Å². The zero-order valence-corrected chi connectivity index (χ0v) is 24.6. The Morgan fingerprint density at radius 2 is 0.700 bits per heavy atom. The number of hydrogen-bond donors (Lipinski definition) is 0. The molecule has 0 aromatic heterocycles. The molecule has 0 bridgehead atoms. The molecule has 8 aromatic rings. The van der Waals surface area contributed by atoms with Gasteiger partial charge in [0.2, 0.25) is 0 Å². The van der Waals surface area contributed by atoms with Gasteiger partial charge < -0.3 is 0 Å². The molecule has 0 unspecified atom stereocenters. The Morgan fingerprint density at radius 1 is 0.300 bits per heavy atom. The standard InChI is InChI=1S/C38H22Br2/c39-37-31-15-7-8-16-32(31)38(40)34-22-26(19-20-33(34)37)36-29-13-5-3-11-27(29)35(28-12-4-6-14-30(28)36)25-18-17-23-9-1-2-10-24(23)21-25/h1-22H. The minimum atomic E-state index is 1.13. The predicted octanol–water partition coefficient (Wildman–Crippen LogP) is 12.3. The highest BCUT2D eigenvalue weighted by atomic mass is 79.9. The van der Waals surface area contributed by atoms with Crippen molar-refractivity contribution >= 4 is 85.7 Å². The van der Waals surface area contributed by atoms with Gasteiger partial charge in [-0.05, 0) is 120 Å². The monoisotopic (exact) mass is 636 g/mol. The maximum atomic E-state index is 3.96. The molecule has 2 heteroatoms. The van der Waals surface area contributed by atoms with Gasteiger partial charge in [0.05, 0.1) is 0 Å². The lowest BCUT2D eigenvalue weighted by Crippen LogP contribution is -1.91. The van der Waals surface area contributed by atoms with Crippen LogP contribution < -0.4 is 0 Å². The van der Waals surface area contributed by atoms with Crippen LogP contribution in [-0.2, 0) is 0 Å². The maximum Gasteiger partial charge on any atom is 0.0333 e. The third-order valence-electron chi connectivity index (χ3n) is 8.15. The first-order chi connectivity index (χ1) is 19.7. The molecule has 0 radical (unpaired) electrons. The minimum Gasteiger partial charge on any atom is -0.0616 e. The quantitative estimate of drug-likeness (QED) is 0.165. The van der Waals surface area contributed by atoms with Crippen LogP contribution in [0.5, 0.6) is 0 Å². The van der Waals surface area contributed by atoms with E-state index in [1.54, 1.807) is 0 Å². The molecule has 8 aromatic carbocycles. The van der Waals surface area contributed by atoms with Gasteiger partial charge in [-0.2, -0.15) is 0 Å². The summed E-state index contributed by atoms with van der Waals surface area (Å²) in [5, 5.41) is 12.4. The Balaban J connectivity index is 1.47. The van der Waals surface area contributed by atoms with Crippen LogP contribution in [0.15, 0.2) is 142 Å². The summed E-state index contributed by atoms with van der Waals surface area (Å²) < 4.78 is 2.26. The fraction of sp³-hybridized carbons (Fsp3) is 0. The SMILES string of the molecule is Brc1c2ccccc2c(Br)c2cc(-c3c4ccccc4c(-c4ccc5ccccc5c4)c4ccccc34)ccc12. The lowest BCUT2D eigenvalue weighted by molar-refractivity contribution is 1.67. The van der Waals surface area contributed by atoms with E-state index >= 15 is 0 Å². The second-order valence-electron chi connectivity index (χ2n) is 10.3. The number of hydrogen-bond acceptors (Lipinski definition) is 0. The topological polar surface area (TPSA) is 0 Å². The van der Waals surface area contributed by atoms with E-state index in [-0.39, 0.29) is 0 Å². The van der Waals surface area contributed by atoms with Crippen LogP contribution in [0.25, 0.3) is 76.1 Å². The van der Waals surface area contributed by atoms with Crippen molar-refractivity contribution < 1.29 is 0 Å². The lowest BCUT2D eigenvalue weighted by atomic mass is 9.85. The molecule has 0 saturated heterocycles. The summed E-state index contributed by atoms with van der Waals surface area (Å²) in [5.74, 6) is 0. The summed E-state index contributed by atoms with van der Waals surface area (Å²) in [7, 11) is 0. The molecule has 0 aliphatic carbocycles. The second kappa shape index (κ2) is 9.30. The molecule has 188 valence electrons. The van der Waals surface area contributed by atoms with Gasteiger partial charge in [-0.1, -0.05) is 121 Å². The van der Waals surface area contributed by atoms with Crippen LogP contribution >= 0.6 is 31.9 Å². The van der Waals surface area contributed by atoms with Crippen molar-refractivity contribution in [1.29, 1.82) is 0 Å². The smallest absolute Gasteiger partial charge is 0.0333 e. The molecule has 0 nitrogen and oxygen atoms in total. The van der Waals surface area contributed by atoms with Gasteiger partial charge in [-0.15, -0.1) is 0 Å². The van der Waals surface area contributed by atoms with Gasteiger partial charge in [-0.3, -0.25) is 0 Å². The molecule has 0 atom stereocenters. The molecule has 0 spiro atoms. The summed E-state index contributed by atoms with van der Waals surface area (Å²) >= 11 is 7.87. The van der Waals surface area contributed by atoms with Crippen LogP contribution in [0, 0.1) is 0 Å². The Bertz CT molecular complexity index is 2240. The molecular formula is C38H22Br2. The lowest BCUT2D eigenvalue weighted by Gasteiger charge is -2.19. The summed E-state index contributed by atoms with van der Waals surface area (Å²) in [5.41, 5.74) is 5.02. The Kier molecular flexibility index (Phi) is 5.55. The number of halogens is 2. The van der Waals surface area contributed by atoms with Crippen molar-refractivity contribution in [1.82, 2.24) is 0 Å². The van der Waals surface area contributed by atoms with Crippen LogP contribution in [0.3, 0.4) is 0 Å². The minimum absolute atomic E-state index is 1.13. The number of fused-ring (bicyclic) bond motifs is 5. The average Bonchev–Trinajstić information content (AvgIpc) is 3.02. The van der Waals surface area contributed by atoms with Gasteiger partial charge in [0.1, 0.15) is 0 Å². The Hall–Kier alpha value is -3.98. The number of rotatable bonds is 2. The Morgan fingerprint density at radius 3 is 1.27 bits per heavy atom. The molecule has 0 aliphatic heterocycles. The Labute approximate surface area is 249 Å². The van der Waals surface area contributed by atoms with Crippen LogP contribution in [-0.4, -0.2) is 0 Å². The first-order valence-electron chi connectivity index (χ1n) is 13.4. The molecule has 0 saturated carbocycles. The largest absolute Gasteiger partial charge is 0.0616 e. The molecule has 0 aliphatic rings. The third-order valence-corrected chi connectivity index (χ3v) is 9.86. The summed E-state index contributed by atoms with van der Waals surface area (Å²) in [4.78, 5) is 0. The zero-order chi connectivity index (χ0) is 26.8. The summed E-state index contributed by atoms with van der Waals surface area (Å²) in [6.45, 7) is 0. The summed E-state index contributed by atoms with van der Waals surface area (Å²) in [6.07, 6.45) is 0. The van der Waals surface area contributed by atoms with Gasteiger partial charge in [0.15, 0.2) is 0 Å². The fourth-order valence-electron chi connectivity index (χ4n) is 6.32. The van der Waals surface area contributed by atoms with Crippen molar-refractivity contribution in [2.75, 3.05) is 0 Å². The van der Waals surface area contributed by atoms with E-state index in [0.29, 0.717) is 0 Å². The first kappa shape index (κ1) is 23.9. The highest BCUT2D eigenvalue weighted by Gasteiger charge is 2.18. The highest BCUT2D eigenvalue weighted by molar-refractivity contribution is 9.11. The molecule has 0 N–H and O–H groups in total. The highest BCUT2D eigenvalue weighted by Crippen LogP contribution is 2.46. The average molecular weight is 638 g/mol. The van der Waals surface area contributed by atoms with Gasteiger partial charge in [0, 0.05) is 8.95 Å². The van der Waals surface area contributed by atoms with E-state index in [9.17, 15) is 0 Å². The summed E-state index contributed by atoms with van der Waals surface area (Å²) in [6, 6.07) is 48.6. The van der Waals surface area contributed by atoms with Crippen molar-refractivity contribution in [2.24, 2.45) is 0 Å². The van der Waals surface area contributed by atoms with Crippen LogP contribution in [0.1, 0.15) is 0 Å². The normalized spacial score (nSPS) is 11.8. The van der Waals surface area contributed by atoms with E-state index in [4.69, 9.17) is 0 Å². The van der Waals surface area contributed by atoms with E-state index in [1.165, 1.54) is 76.1 Å². The van der Waals surface area contributed by atoms with Crippen LogP contribution in [0.2, 0.25) is 0 Å². The van der Waals surface area contributed by atoms with Crippen molar-refractivity contribution in [3.63, 3.8) is 0 Å². The predicted molar refractivity (Wildman–Crippen MR) is 180 cm³/mol. The van der Waals surface area contributed by atoms with Gasteiger partial charge >= 0.3 is 0 Å². The molecule has 0 fully saturated rings. The second-order valence-corrected chi connectivity index (χ2v) is 11.9. The van der Waals surface area contributed by atoms with Gasteiger partial charge in [0.25, 0.3) is 0 Å². The molecule has 40 heavy (non-hydrogen) atoms. The van der Waals surface area contributed by atoms with Crippen molar-refractivity contribution in [3.8, 4) is 22.3 Å². The van der Waals surface area contributed by atoms with Crippen LogP contribution in [0.4, 0.5) is 0 Å². The van der Waals surface area contributed by atoms with E-state index < -0.39 is 0 Å². The van der Waals surface area contributed by atoms with Gasteiger partial charge in [-0.25, -0.2) is 0 Å². The van der Waals surface area contributed by atoms with E-state index in [2.05, 4.69) is 165 Å². The molecular weight excluding hydrogens is 616 g/mol. The van der Waals surface area contributed by atoms with E-state index in [0.717, 1.165) is 8.95 Å². The number of benzene rings is 8. The van der Waals surface area contributed by atoms with Crippen molar-refractivity contribution in [2.45, 2.75) is 0 Å².